The van der Waals surface area contributed by atoms with E-state index in [1.54, 1.807) is 0 Å². The highest BCUT2D eigenvalue weighted by atomic mass is 79.9. The zero-order chi connectivity index (χ0) is 13.8. The van der Waals surface area contributed by atoms with Crippen LogP contribution in [0, 0.1) is 18.3 Å². The molecule has 2 nitrogen and oxygen atoms in total. The van der Waals surface area contributed by atoms with Gasteiger partial charge in [0, 0.05) is 9.80 Å². The molecule has 2 aromatic carbocycles. The number of nitrogens with zero attached hydrogens (tertiary/aromatic N) is 1. The van der Waals surface area contributed by atoms with Crippen LogP contribution in [0.1, 0.15) is 16.7 Å². The van der Waals surface area contributed by atoms with E-state index in [-0.39, 0.29) is 0 Å². The lowest BCUT2D eigenvalue weighted by atomic mass is 10.1. The third-order valence-electron chi connectivity index (χ3n) is 2.68. The second-order valence-corrected chi connectivity index (χ2v) is 5.50. The number of rotatable bonds is 3. The maximum Gasteiger partial charge on any atom is 0.145 e. The first-order valence-electron chi connectivity index (χ1n) is 5.67. The van der Waals surface area contributed by atoms with Gasteiger partial charge in [0.25, 0.3) is 0 Å². The number of alkyl halides is 1. The summed E-state index contributed by atoms with van der Waals surface area (Å²) >= 11 is 6.82. The van der Waals surface area contributed by atoms with Crippen molar-refractivity contribution in [2.24, 2.45) is 0 Å². The van der Waals surface area contributed by atoms with Gasteiger partial charge in [0.05, 0.1) is 5.56 Å². The summed E-state index contributed by atoms with van der Waals surface area (Å²) < 4.78 is 6.81. The molecule has 0 saturated heterocycles. The van der Waals surface area contributed by atoms with E-state index in [0.29, 0.717) is 11.3 Å². The number of aryl methyl sites for hydroxylation is 1. The van der Waals surface area contributed by atoms with Crippen LogP contribution in [0.15, 0.2) is 40.9 Å². The van der Waals surface area contributed by atoms with Gasteiger partial charge in [-0.25, -0.2) is 0 Å². The summed E-state index contributed by atoms with van der Waals surface area (Å²) in [6.07, 6.45) is 0. The number of hydrogen-bond acceptors (Lipinski definition) is 2. The number of hydrogen-bond donors (Lipinski definition) is 0. The summed E-state index contributed by atoms with van der Waals surface area (Å²) in [5.41, 5.74) is 2.68. The predicted octanol–water partition coefficient (Wildman–Crippen LogP) is 5.32. The topological polar surface area (TPSA) is 33.0 Å². The van der Waals surface area contributed by atoms with E-state index in [1.807, 2.05) is 43.3 Å². The van der Waals surface area contributed by atoms with Gasteiger partial charge in [-0.2, -0.15) is 5.26 Å². The van der Waals surface area contributed by atoms with Crippen LogP contribution >= 0.6 is 31.9 Å². The average molecular weight is 381 g/mol. The predicted molar refractivity (Wildman–Crippen MR) is 82.7 cm³/mol. The van der Waals surface area contributed by atoms with E-state index in [2.05, 4.69) is 37.9 Å². The summed E-state index contributed by atoms with van der Waals surface area (Å²) in [6, 6.07) is 13.5. The molecule has 0 aliphatic rings. The Balaban J connectivity index is 2.33. The van der Waals surface area contributed by atoms with Crippen LogP contribution in [0.3, 0.4) is 0 Å². The molecule has 0 aliphatic heterocycles. The summed E-state index contributed by atoms with van der Waals surface area (Å²) in [7, 11) is 0. The maximum absolute atomic E-state index is 9.16. The fourth-order valence-corrected chi connectivity index (χ4v) is 2.24. The van der Waals surface area contributed by atoms with Gasteiger partial charge in [-0.05, 0) is 48.4 Å². The minimum atomic E-state index is 0.539. The van der Waals surface area contributed by atoms with Crippen molar-refractivity contribution in [1.82, 2.24) is 0 Å². The first kappa shape index (κ1) is 14.1. The molecule has 96 valence electrons. The summed E-state index contributed by atoms with van der Waals surface area (Å²) in [4.78, 5) is 0. The smallest absolute Gasteiger partial charge is 0.145 e. The second-order valence-electron chi connectivity index (χ2n) is 4.09. The second kappa shape index (κ2) is 6.23. The minimum Gasteiger partial charge on any atom is -0.456 e. The molecule has 19 heavy (non-hydrogen) atoms. The number of ether oxygens (including phenoxy) is 1. The molecule has 0 heterocycles. The number of nitriles is 1. The average Bonchev–Trinajstić information content (AvgIpc) is 2.43. The Hall–Kier alpha value is -1.31. The van der Waals surface area contributed by atoms with E-state index in [9.17, 15) is 0 Å². The lowest BCUT2D eigenvalue weighted by Crippen LogP contribution is -1.90. The van der Waals surface area contributed by atoms with Gasteiger partial charge in [-0.1, -0.05) is 37.9 Å². The first-order valence-corrected chi connectivity index (χ1v) is 7.58. The monoisotopic (exact) mass is 379 g/mol. The molecule has 4 heteroatoms. The van der Waals surface area contributed by atoms with Crippen molar-refractivity contribution in [3.05, 3.63) is 57.6 Å². The van der Waals surface area contributed by atoms with Crippen LogP contribution < -0.4 is 4.74 Å². The zero-order valence-corrected chi connectivity index (χ0v) is 13.5. The highest BCUT2D eigenvalue weighted by molar-refractivity contribution is 9.10. The van der Waals surface area contributed by atoms with Crippen molar-refractivity contribution in [2.45, 2.75) is 12.3 Å². The Morgan fingerprint density at radius 1 is 1.21 bits per heavy atom. The third kappa shape index (κ3) is 3.37. The van der Waals surface area contributed by atoms with Crippen LogP contribution in [-0.4, -0.2) is 0 Å². The lowest BCUT2D eigenvalue weighted by molar-refractivity contribution is 0.480. The fourth-order valence-electron chi connectivity index (χ4n) is 1.64. The van der Waals surface area contributed by atoms with Gasteiger partial charge in [0.15, 0.2) is 0 Å². The van der Waals surface area contributed by atoms with Crippen LogP contribution in [-0.2, 0) is 5.33 Å². The Morgan fingerprint density at radius 2 is 2.00 bits per heavy atom. The number of halogens is 2. The molecule has 0 aromatic heterocycles. The molecule has 2 aromatic rings. The van der Waals surface area contributed by atoms with Crippen LogP contribution in [0.5, 0.6) is 11.5 Å². The third-order valence-corrected chi connectivity index (χ3v) is 4.21. The van der Waals surface area contributed by atoms with Crippen molar-refractivity contribution in [3.63, 3.8) is 0 Å². The van der Waals surface area contributed by atoms with Gasteiger partial charge >= 0.3 is 0 Å². The molecule has 0 bridgehead atoms. The highest BCUT2D eigenvalue weighted by Gasteiger charge is 2.06. The largest absolute Gasteiger partial charge is 0.456 e. The molecule has 0 amide bonds. The quantitative estimate of drug-likeness (QED) is 0.675. The normalized spacial score (nSPS) is 10.0. The van der Waals surface area contributed by atoms with Crippen molar-refractivity contribution >= 4 is 31.9 Å². The molecular weight excluding hydrogens is 370 g/mol. The molecule has 0 spiro atoms. The van der Waals surface area contributed by atoms with E-state index < -0.39 is 0 Å². The Bertz CT molecular complexity index is 647. The van der Waals surface area contributed by atoms with E-state index in [1.165, 1.54) is 0 Å². The fraction of sp³-hybridized carbons (Fsp3) is 0.133. The van der Waals surface area contributed by atoms with E-state index >= 15 is 0 Å². The Labute approximate surface area is 129 Å². The van der Waals surface area contributed by atoms with Crippen molar-refractivity contribution < 1.29 is 4.74 Å². The van der Waals surface area contributed by atoms with Crippen molar-refractivity contribution in [2.75, 3.05) is 0 Å². The van der Waals surface area contributed by atoms with Crippen LogP contribution in [0.25, 0.3) is 0 Å². The van der Waals surface area contributed by atoms with E-state index in [4.69, 9.17) is 10.00 Å². The van der Waals surface area contributed by atoms with Gasteiger partial charge in [-0.3, -0.25) is 0 Å². The zero-order valence-electron chi connectivity index (χ0n) is 10.3. The first-order chi connectivity index (χ1) is 9.13. The summed E-state index contributed by atoms with van der Waals surface area (Å²) in [5, 5.41) is 9.88. The van der Waals surface area contributed by atoms with Crippen molar-refractivity contribution in [3.8, 4) is 17.6 Å². The van der Waals surface area contributed by atoms with Gasteiger partial charge < -0.3 is 4.74 Å². The lowest BCUT2D eigenvalue weighted by Gasteiger charge is -2.09. The summed E-state index contributed by atoms with van der Waals surface area (Å²) in [6.45, 7) is 2.00. The van der Waals surface area contributed by atoms with Gasteiger partial charge in [-0.15, -0.1) is 0 Å². The van der Waals surface area contributed by atoms with E-state index in [0.717, 1.165) is 26.7 Å². The number of benzene rings is 2. The minimum absolute atomic E-state index is 0.539. The molecular formula is C15H11Br2NO. The van der Waals surface area contributed by atoms with Gasteiger partial charge in [0.1, 0.15) is 17.6 Å². The molecule has 0 unspecified atom stereocenters. The molecule has 0 N–H and O–H groups in total. The Morgan fingerprint density at radius 3 is 2.63 bits per heavy atom. The molecule has 0 atom stereocenters. The molecule has 0 aliphatic carbocycles. The Kier molecular flexibility index (Phi) is 4.62. The summed E-state index contributed by atoms with van der Waals surface area (Å²) in [5.74, 6) is 1.30. The molecule has 0 fully saturated rings. The molecule has 0 radical (unpaired) electrons. The molecule has 0 saturated carbocycles. The highest BCUT2D eigenvalue weighted by Crippen LogP contribution is 2.29. The SMILES string of the molecule is Cc1cc(Oc2ccc(CBr)cc2C#N)ccc1Br. The van der Waals surface area contributed by atoms with Crippen LogP contribution in [0.4, 0.5) is 0 Å². The standard InChI is InChI=1S/C15H11Br2NO/c1-10-6-13(3-4-14(10)17)19-15-5-2-11(8-16)7-12(15)9-18/h2-7H,8H2,1H3. The van der Waals surface area contributed by atoms with Crippen molar-refractivity contribution in [1.29, 1.82) is 5.26 Å². The maximum atomic E-state index is 9.16. The molecule has 2 rings (SSSR count). The van der Waals surface area contributed by atoms with Crippen LogP contribution in [0.2, 0.25) is 0 Å². The van der Waals surface area contributed by atoms with Gasteiger partial charge in [0.2, 0.25) is 0 Å².